The summed E-state index contributed by atoms with van der Waals surface area (Å²) in [6.45, 7) is 0.451. The third kappa shape index (κ3) is 3.73. The summed E-state index contributed by atoms with van der Waals surface area (Å²) in [5.41, 5.74) is 4.15. The summed E-state index contributed by atoms with van der Waals surface area (Å²) >= 11 is 0. The van der Waals surface area contributed by atoms with E-state index in [0.717, 1.165) is 33.2 Å². The normalized spacial score (nSPS) is 15.3. The quantitative estimate of drug-likeness (QED) is 0.446. The first-order valence-corrected chi connectivity index (χ1v) is 10.4. The Morgan fingerprint density at radius 2 is 1.71 bits per heavy atom. The van der Waals surface area contributed by atoms with Gasteiger partial charge >= 0.3 is 0 Å². The van der Waals surface area contributed by atoms with Crippen molar-refractivity contribution in [1.82, 2.24) is 0 Å². The molecule has 0 aromatic heterocycles. The molecule has 5 rings (SSSR count). The van der Waals surface area contributed by atoms with Gasteiger partial charge < -0.3 is 14.8 Å². The predicted octanol–water partition coefficient (Wildman–Crippen LogP) is 5.90. The van der Waals surface area contributed by atoms with Crippen LogP contribution in [0.3, 0.4) is 0 Å². The lowest BCUT2D eigenvalue weighted by Gasteiger charge is -2.28. The molecule has 1 heterocycles. The number of carbonyl (C=O) groups excluding carboxylic acids is 1. The molecule has 31 heavy (non-hydrogen) atoms. The fraction of sp³-hybridized carbons (Fsp3) is 0.148. The van der Waals surface area contributed by atoms with Crippen LogP contribution >= 0.6 is 0 Å². The Balaban J connectivity index is 1.53. The van der Waals surface area contributed by atoms with Gasteiger partial charge in [-0.3, -0.25) is 4.79 Å². The maximum Gasteiger partial charge on any atom is 0.225 e. The summed E-state index contributed by atoms with van der Waals surface area (Å²) in [6, 6.07) is 28.4. The van der Waals surface area contributed by atoms with Gasteiger partial charge in [-0.25, -0.2) is 0 Å². The number of anilines is 1. The number of carbonyl (C=O) groups is 1. The second-order valence-corrected chi connectivity index (χ2v) is 7.74. The number of hydrogen-bond donors (Lipinski definition) is 1. The molecule has 1 N–H and O–H groups in total. The molecule has 0 saturated heterocycles. The molecular weight excluding hydrogens is 386 g/mol. The SMILES string of the molecule is COc1ccc([C@H]2CC(=O)Nc3c2ccc2ccccc32)cc1OCc1ccccc1. The van der Waals surface area contributed by atoms with Gasteiger partial charge in [0.05, 0.1) is 12.8 Å². The highest BCUT2D eigenvalue weighted by Gasteiger charge is 2.28. The Kier molecular flexibility index (Phi) is 5.04. The summed E-state index contributed by atoms with van der Waals surface area (Å²) < 4.78 is 11.6. The molecule has 1 atom stereocenters. The van der Waals surface area contributed by atoms with Crippen molar-refractivity contribution in [2.45, 2.75) is 18.9 Å². The second kappa shape index (κ2) is 8.15. The molecule has 1 aliphatic heterocycles. The molecular formula is C27H23NO3. The van der Waals surface area contributed by atoms with Crippen LogP contribution in [-0.4, -0.2) is 13.0 Å². The smallest absolute Gasteiger partial charge is 0.225 e. The van der Waals surface area contributed by atoms with Crippen molar-refractivity contribution in [3.05, 3.63) is 102 Å². The highest BCUT2D eigenvalue weighted by Crippen LogP contribution is 2.42. The molecule has 4 aromatic rings. The Bertz CT molecular complexity index is 1250. The van der Waals surface area contributed by atoms with Gasteiger partial charge in [-0.05, 0) is 34.2 Å². The summed E-state index contributed by atoms with van der Waals surface area (Å²) in [5.74, 6) is 1.34. The van der Waals surface area contributed by atoms with Crippen molar-refractivity contribution in [3.8, 4) is 11.5 Å². The highest BCUT2D eigenvalue weighted by atomic mass is 16.5. The van der Waals surface area contributed by atoms with E-state index in [1.54, 1.807) is 7.11 Å². The first-order chi connectivity index (χ1) is 15.2. The average molecular weight is 409 g/mol. The first-order valence-electron chi connectivity index (χ1n) is 10.4. The molecule has 0 spiro atoms. The van der Waals surface area contributed by atoms with Crippen LogP contribution in [0, 0.1) is 0 Å². The van der Waals surface area contributed by atoms with Gasteiger partial charge in [0.15, 0.2) is 11.5 Å². The lowest BCUT2D eigenvalue weighted by Crippen LogP contribution is -2.23. The van der Waals surface area contributed by atoms with Crippen molar-refractivity contribution in [2.75, 3.05) is 12.4 Å². The number of fused-ring (bicyclic) bond motifs is 3. The lowest BCUT2D eigenvalue weighted by atomic mass is 9.83. The fourth-order valence-corrected chi connectivity index (χ4v) is 4.26. The zero-order valence-electron chi connectivity index (χ0n) is 17.3. The minimum Gasteiger partial charge on any atom is -0.493 e. The van der Waals surface area contributed by atoms with Crippen LogP contribution in [0.25, 0.3) is 10.8 Å². The molecule has 4 nitrogen and oxygen atoms in total. The van der Waals surface area contributed by atoms with Crippen LogP contribution in [-0.2, 0) is 11.4 Å². The maximum absolute atomic E-state index is 12.6. The second-order valence-electron chi connectivity index (χ2n) is 7.74. The van der Waals surface area contributed by atoms with E-state index in [4.69, 9.17) is 9.47 Å². The van der Waals surface area contributed by atoms with E-state index in [0.29, 0.717) is 24.5 Å². The van der Waals surface area contributed by atoms with Gasteiger partial charge in [-0.15, -0.1) is 0 Å². The van der Waals surface area contributed by atoms with Crippen molar-refractivity contribution in [3.63, 3.8) is 0 Å². The molecule has 4 heteroatoms. The van der Waals surface area contributed by atoms with E-state index in [2.05, 4.69) is 29.6 Å². The Labute approximate surface area is 181 Å². The van der Waals surface area contributed by atoms with Gasteiger partial charge in [0.2, 0.25) is 5.91 Å². The third-order valence-corrected chi connectivity index (χ3v) is 5.82. The van der Waals surface area contributed by atoms with Crippen LogP contribution in [0.5, 0.6) is 11.5 Å². The zero-order valence-corrected chi connectivity index (χ0v) is 17.3. The van der Waals surface area contributed by atoms with Crippen LogP contribution in [0.15, 0.2) is 84.9 Å². The van der Waals surface area contributed by atoms with Gasteiger partial charge in [0.25, 0.3) is 0 Å². The summed E-state index contributed by atoms with van der Waals surface area (Å²) in [5, 5.41) is 5.27. The van der Waals surface area contributed by atoms with Crippen molar-refractivity contribution in [2.24, 2.45) is 0 Å². The van der Waals surface area contributed by atoms with E-state index < -0.39 is 0 Å². The monoisotopic (exact) mass is 409 g/mol. The molecule has 1 aliphatic rings. The van der Waals surface area contributed by atoms with Gasteiger partial charge in [-0.1, -0.05) is 72.8 Å². The standard InChI is InChI=1S/C27H23NO3/c1-30-24-14-12-20(15-25(24)31-17-18-7-3-2-4-8-18)23-16-26(29)28-27-21-10-6-5-9-19(21)11-13-22(23)27/h2-15,23H,16-17H2,1H3,(H,28,29)/t23-/m1/s1. The largest absolute Gasteiger partial charge is 0.493 e. The molecule has 0 bridgehead atoms. The average Bonchev–Trinajstić information content (AvgIpc) is 2.82. The summed E-state index contributed by atoms with van der Waals surface area (Å²) in [4.78, 5) is 12.6. The van der Waals surface area contributed by atoms with Gasteiger partial charge in [0.1, 0.15) is 6.61 Å². The third-order valence-electron chi connectivity index (χ3n) is 5.82. The molecule has 0 unspecified atom stereocenters. The van der Waals surface area contributed by atoms with E-state index in [9.17, 15) is 4.79 Å². The van der Waals surface area contributed by atoms with Gasteiger partial charge in [-0.2, -0.15) is 0 Å². The Hall–Kier alpha value is -3.79. The zero-order chi connectivity index (χ0) is 21.2. The molecule has 0 saturated carbocycles. The number of ether oxygens (including phenoxy) is 2. The summed E-state index contributed by atoms with van der Waals surface area (Å²) in [7, 11) is 1.64. The van der Waals surface area contributed by atoms with Gasteiger partial charge in [0, 0.05) is 17.7 Å². The molecule has 154 valence electrons. The number of amides is 1. The first kappa shape index (κ1) is 19.2. The van der Waals surface area contributed by atoms with Crippen molar-refractivity contribution >= 4 is 22.4 Å². The minimum absolute atomic E-state index is 0.0245. The fourth-order valence-electron chi connectivity index (χ4n) is 4.26. The van der Waals surface area contributed by atoms with E-state index in [1.807, 2.05) is 60.7 Å². The predicted molar refractivity (Wildman–Crippen MR) is 123 cm³/mol. The molecule has 4 aromatic carbocycles. The number of hydrogen-bond acceptors (Lipinski definition) is 3. The Morgan fingerprint density at radius 3 is 2.55 bits per heavy atom. The summed E-state index contributed by atoms with van der Waals surface area (Å²) in [6.07, 6.45) is 0.399. The number of nitrogens with one attached hydrogen (secondary N) is 1. The molecule has 1 amide bonds. The number of rotatable bonds is 5. The highest BCUT2D eigenvalue weighted by molar-refractivity contribution is 6.06. The lowest BCUT2D eigenvalue weighted by molar-refractivity contribution is -0.116. The van der Waals surface area contributed by atoms with Crippen LogP contribution in [0.4, 0.5) is 5.69 Å². The van der Waals surface area contributed by atoms with E-state index >= 15 is 0 Å². The minimum atomic E-state index is -0.0432. The number of methoxy groups -OCH3 is 1. The van der Waals surface area contributed by atoms with E-state index in [1.165, 1.54) is 0 Å². The van der Waals surface area contributed by atoms with E-state index in [-0.39, 0.29) is 11.8 Å². The number of benzene rings is 4. The van der Waals surface area contributed by atoms with Crippen LogP contribution < -0.4 is 14.8 Å². The molecule has 0 fully saturated rings. The molecule has 0 radical (unpaired) electrons. The topological polar surface area (TPSA) is 47.6 Å². The van der Waals surface area contributed by atoms with Crippen LogP contribution in [0.1, 0.15) is 29.0 Å². The molecule has 0 aliphatic carbocycles. The van der Waals surface area contributed by atoms with Crippen molar-refractivity contribution in [1.29, 1.82) is 0 Å². The maximum atomic E-state index is 12.6. The Morgan fingerprint density at radius 1 is 0.903 bits per heavy atom. The van der Waals surface area contributed by atoms with Crippen molar-refractivity contribution < 1.29 is 14.3 Å². The van der Waals surface area contributed by atoms with Crippen LogP contribution in [0.2, 0.25) is 0 Å².